The summed E-state index contributed by atoms with van der Waals surface area (Å²) in [6, 6.07) is 5.39. The van der Waals surface area contributed by atoms with E-state index in [2.05, 4.69) is 0 Å². The molecule has 1 unspecified atom stereocenters. The van der Waals surface area contributed by atoms with E-state index in [0.717, 1.165) is 18.4 Å². The minimum atomic E-state index is -0.161. The molecule has 3 heteroatoms. The molecule has 1 aliphatic carbocycles. The summed E-state index contributed by atoms with van der Waals surface area (Å²) in [5.74, 6) is 0.245. The second-order valence-electron chi connectivity index (χ2n) is 4.34. The molecule has 0 saturated carbocycles. The Morgan fingerprint density at radius 1 is 1.56 bits per heavy atom. The van der Waals surface area contributed by atoms with Gasteiger partial charge in [-0.1, -0.05) is 13.0 Å². The lowest BCUT2D eigenvalue weighted by Gasteiger charge is -2.17. The zero-order chi connectivity index (χ0) is 11.7. The molecule has 0 aliphatic heterocycles. The second kappa shape index (κ2) is 4.16. The van der Waals surface area contributed by atoms with Crippen molar-refractivity contribution in [1.82, 2.24) is 0 Å². The van der Waals surface area contributed by atoms with Gasteiger partial charge in [-0.3, -0.25) is 4.79 Å². The van der Waals surface area contributed by atoms with Gasteiger partial charge in [0.15, 0.2) is 0 Å². The average Bonchev–Trinajstić information content (AvgIpc) is 2.69. The van der Waals surface area contributed by atoms with Crippen LogP contribution in [-0.2, 0) is 16.0 Å². The molecule has 0 heterocycles. The first-order valence-electron chi connectivity index (χ1n) is 5.53. The van der Waals surface area contributed by atoms with E-state index in [1.807, 2.05) is 13.0 Å². The highest BCUT2D eigenvalue weighted by Crippen LogP contribution is 2.39. The van der Waals surface area contributed by atoms with Crippen molar-refractivity contribution in [2.75, 3.05) is 7.11 Å². The number of carbonyl (C=O) groups is 1. The Hall–Kier alpha value is -1.51. The van der Waals surface area contributed by atoms with Gasteiger partial charge in [-0.05, 0) is 42.0 Å². The van der Waals surface area contributed by atoms with Crippen LogP contribution < -0.4 is 0 Å². The number of benzene rings is 1. The summed E-state index contributed by atoms with van der Waals surface area (Å²) in [6.07, 6.45) is 1.88. The number of rotatable bonds is 2. The van der Waals surface area contributed by atoms with Gasteiger partial charge in [-0.15, -0.1) is 0 Å². The van der Waals surface area contributed by atoms with Crippen LogP contribution in [0.3, 0.4) is 0 Å². The van der Waals surface area contributed by atoms with E-state index in [9.17, 15) is 9.90 Å². The molecule has 0 aromatic heterocycles. The Balaban J connectivity index is 2.26. The Morgan fingerprint density at radius 3 is 3.00 bits per heavy atom. The van der Waals surface area contributed by atoms with Crippen LogP contribution in [0, 0.1) is 5.92 Å². The van der Waals surface area contributed by atoms with Gasteiger partial charge in [0.1, 0.15) is 5.75 Å². The van der Waals surface area contributed by atoms with Crippen LogP contribution in [0.5, 0.6) is 5.75 Å². The molecule has 0 radical (unpaired) electrons. The summed E-state index contributed by atoms with van der Waals surface area (Å²) in [4.78, 5) is 11.5. The molecule has 1 N–H and O–H groups in total. The molecule has 2 atom stereocenters. The first-order valence-corrected chi connectivity index (χ1v) is 5.53. The normalized spacial score (nSPS) is 20.2. The van der Waals surface area contributed by atoms with Gasteiger partial charge in [0.05, 0.1) is 13.0 Å². The first-order chi connectivity index (χ1) is 7.63. The molecule has 16 heavy (non-hydrogen) atoms. The van der Waals surface area contributed by atoms with Crippen LogP contribution in [0.25, 0.3) is 0 Å². The number of phenols is 1. The summed E-state index contributed by atoms with van der Waals surface area (Å²) in [7, 11) is 1.42. The van der Waals surface area contributed by atoms with Crippen LogP contribution in [0.15, 0.2) is 18.2 Å². The molecule has 1 aliphatic rings. The molecular formula is C13H16O3. The fourth-order valence-corrected chi connectivity index (χ4v) is 2.51. The minimum absolute atomic E-state index is 0.115. The number of methoxy groups -OCH3 is 1. The van der Waals surface area contributed by atoms with Crippen molar-refractivity contribution < 1.29 is 14.6 Å². The average molecular weight is 220 g/mol. The number of phenolic OH excluding ortho intramolecular Hbond substituents is 1. The lowest BCUT2D eigenvalue weighted by Crippen LogP contribution is -2.19. The van der Waals surface area contributed by atoms with Crippen molar-refractivity contribution in [3.63, 3.8) is 0 Å². The van der Waals surface area contributed by atoms with Gasteiger partial charge in [-0.25, -0.2) is 0 Å². The third-order valence-electron chi connectivity index (χ3n) is 3.43. The molecular weight excluding hydrogens is 204 g/mol. The van der Waals surface area contributed by atoms with E-state index in [1.54, 1.807) is 12.1 Å². The number of ether oxygens (including phenoxy) is 1. The van der Waals surface area contributed by atoms with Crippen LogP contribution >= 0.6 is 0 Å². The van der Waals surface area contributed by atoms with E-state index in [-0.39, 0.29) is 17.8 Å². The third-order valence-corrected chi connectivity index (χ3v) is 3.43. The van der Waals surface area contributed by atoms with Gasteiger partial charge in [0, 0.05) is 0 Å². The van der Waals surface area contributed by atoms with Crippen LogP contribution in [0.4, 0.5) is 0 Å². The summed E-state index contributed by atoms with van der Waals surface area (Å²) in [6.45, 7) is 1.90. The topological polar surface area (TPSA) is 46.5 Å². The van der Waals surface area contributed by atoms with Gasteiger partial charge < -0.3 is 9.84 Å². The lowest BCUT2D eigenvalue weighted by atomic mass is 9.89. The highest BCUT2D eigenvalue weighted by molar-refractivity contribution is 5.73. The SMILES string of the molecule is COC(=O)C(C)[C@H]1CCc2cc(O)ccc21. The molecule has 0 amide bonds. The molecule has 0 bridgehead atoms. The molecule has 0 spiro atoms. The van der Waals surface area contributed by atoms with Crippen LogP contribution in [-0.4, -0.2) is 18.2 Å². The Morgan fingerprint density at radius 2 is 2.31 bits per heavy atom. The standard InChI is InChI=1S/C13H16O3/c1-8(13(15)16-2)11-5-3-9-7-10(14)4-6-12(9)11/h4,6-8,11,14H,3,5H2,1-2H3/t8?,11-/m1/s1. The van der Waals surface area contributed by atoms with Gasteiger partial charge >= 0.3 is 5.97 Å². The van der Waals surface area contributed by atoms with Gasteiger partial charge in [-0.2, -0.15) is 0 Å². The van der Waals surface area contributed by atoms with Crippen LogP contribution in [0.1, 0.15) is 30.4 Å². The molecule has 0 saturated heterocycles. The first kappa shape index (κ1) is 11.0. The van der Waals surface area contributed by atoms with E-state index in [0.29, 0.717) is 5.75 Å². The van der Waals surface area contributed by atoms with E-state index in [4.69, 9.17) is 4.74 Å². The van der Waals surface area contributed by atoms with Gasteiger partial charge in [0.2, 0.25) is 0 Å². The molecule has 1 aromatic rings. The van der Waals surface area contributed by atoms with Crippen molar-refractivity contribution >= 4 is 5.97 Å². The third kappa shape index (κ3) is 1.77. The molecule has 3 nitrogen and oxygen atoms in total. The largest absolute Gasteiger partial charge is 0.508 e. The number of hydrogen-bond acceptors (Lipinski definition) is 3. The minimum Gasteiger partial charge on any atom is -0.508 e. The fourth-order valence-electron chi connectivity index (χ4n) is 2.51. The molecule has 2 rings (SSSR count). The predicted molar refractivity (Wildman–Crippen MR) is 60.3 cm³/mol. The zero-order valence-electron chi connectivity index (χ0n) is 9.56. The smallest absolute Gasteiger partial charge is 0.308 e. The number of fused-ring (bicyclic) bond motifs is 1. The van der Waals surface area contributed by atoms with Crippen molar-refractivity contribution in [3.8, 4) is 5.75 Å². The number of carbonyl (C=O) groups excluding carboxylic acids is 1. The Kier molecular flexibility index (Phi) is 2.86. The maximum absolute atomic E-state index is 11.5. The molecule has 0 fully saturated rings. The lowest BCUT2D eigenvalue weighted by molar-refractivity contribution is -0.145. The van der Waals surface area contributed by atoms with Crippen LogP contribution in [0.2, 0.25) is 0 Å². The van der Waals surface area contributed by atoms with E-state index < -0.39 is 0 Å². The monoisotopic (exact) mass is 220 g/mol. The maximum Gasteiger partial charge on any atom is 0.308 e. The Bertz CT molecular complexity index is 412. The van der Waals surface area contributed by atoms with Gasteiger partial charge in [0.25, 0.3) is 0 Å². The molecule has 86 valence electrons. The summed E-state index contributed by atoms with van der Waals surface area (Å²) >= 11 is 0. The highest BCUT2D eigenvalue weighted by Gasteiger charge is 2.31. The van der Waals surface area contributed by atoms with E-state index >= 15 is 0 Å². The quantitative estimate of drug-likeness (QED) is 0.777. The maximum atomic E-state index is 11.5. The summed E-state index contributed by atoms with van der Waals surface area (Å²) in [5.41, 5.74) is 2.33. The van der Waals surface area contributed by atoms with E-state index in [1.165, 1.54) is 12.7 Å². The van der Waals surface area contributed by atoms with Crippen molar-refractivity contribution in [2.24, 2.45) is 5.92 Å². The number of hydrogen-bond donors (Lipinski definition) is 1. The highest BCUT2D eigenvalue weighted by atomic mass is 16.5. The Labute approximate surface area is 95.0 Å². The summed E-state index contributed by atoms with van der Waals surface area (Å²) in [5, 5.41) is 9.38. The number of aromatic hydroxyl groups is 1. The van der Waals surface area contributed by atoms with Crippen molar-refractivity contribution in [1.29, 1.82) is 0 Å². The fraction of sp³-hybridized carbons (Fsp3) is 0.462. The zero-order valence-corrected chi connectivity index (χ0v) is 9.56. The van der Waals surface area contributed by atoms with Crippen molar-refractivity contribution in [3.05, 3.63) is 29.3 Å². The molecule has 1 aromatic carbocycles. The number of esters is 1. The second-order valence-corrected chi connectivity index (χ2v) is 4.34. The number of aryl methyl sites for hydroxylation is 1. The van der Waals surface area contributed by atoms with Crippen molar-refractivity contribution in [2.45, 2.75) is 25.7 Å². The summed E-state index contributed by atoms with van der Waals surface area (Å²) < 4.78 is 4.77. The predicted octanol–water partition coefficient (Wildman–Crippen LogP) is 2.23.